The molecule has 8 nitrogen and oxygen atoms in total. The normalized spacial score (nSPS) is 31.7. The Kier molecular flexibility index (Phi) is 3.48. The molecule has 2 heterocycles. The first-order valence-electron chi connectivity index (χ1n) is 5.22. The highest BCUT2D eigenvalue weighted by Gasteiger charge is 2.43. The molecule has 0 spiro atoms. The lowest BCUT2D eigenvalue weighted by Crippen LogP contribution is -2.32. The van der Waals surface area contributed by atoms with Gasteiger partial charge in [0.25, 0.3) is 5.91 Å². The van der Waals surface area contributed by atoms with E-state index in [2.05, 4.69) is 17.6 Å². The fourth-order valence-corrected chi connectivity index (χ4v) is 2.18. The van der Waals surface area contributed by atoms with Crippen LogP contribution in [0.15, 0.2) is 6.33 Å². The van der Waals surface area contributed by atoms with Crippen molar-refractivity contribution in [3.63, 3.8) is 0 Å². The van der Waals surface area contributed by atoms with Gasteiger partial charge in [0.2, 0.25) is 0 Å². The number of primary amides is 1. The highest BCUT2D eigenvalue weighted by Crippen LogP contribution is 2.32. The molecular formula is C9H14N4O4S. The molecule has 1 aromatic heterocycles. The van der Waals surface area contributed by atoms with Crippen molar-refractivity contribution < 1.29 is 19.7 Å². The Morgan fingerprint density at radius 3 is 2.67 bits per heavy atom. The van der Waals surface area contributed by atoms with Gasteiger partial charge in [-0.25, -0.2) is 4.98 Å². The molecule has 0 aromatic carbocycles. The van der Waals surface area contributed by atoms with Crippen LogP contribution in [0.1, 0.15) is 16.7 Å². The molecule has 9 heteroatoms. The first kappa shape index (κ1) is 13.1. The average molecular weight is 274 g/mol. The lowest BCUT2D eigenvalue weighted by atomic mass is 10.1. The first-order valence-corrected chi connectivity index (χ1v) is 5.85. The summed E-state index contributed by atoms with van der Waals surface area (Å²) in [4.78, 5) is 14.8. The zero-order chi connectivity index (χ0) is 13.4. The summed E-state index contributed by atoms with van der Waals surface area (Å²) in [5.74, 6) is -0.546. The van der Waals surface area contributed by atoms with Crippen LogP contribution in [0, 0.1) is 0 Å². The Labute approximate surface area is 108 Å². The summed E-state index contributed by atoms with van der Waals surface area (Å²) in [7, 11) is 0. The number of anilines is 1. The Morgan fingerprint density at radius 2 is 2.22 bits per heavy atom. The number of aliphatic hydroxyl groups excluding tert-OH is 2. The van der Waals surface area contributed by atoms with Crippen LogP contribution in [-0.4, -0.2) is 49.7 Å². The smallest absolute Gasteiger partial charge is 0.271 e. The number of nitrogen functional groups attached to an aromatic ring is 1. The van der Waals surface area contributed by atoms with E-state index < -0.39 is 30.4 Å². The number of carbonyl (C=O) groups excluding carboxylic acids is 1. The molecule has 1 aromatic rings. The highest BCUT2D eigenvalue weighted by atomic mass is 32.1. The zero-order valence-corrected chi connectivity index (χ0v) is 10.2. The summed E-state index contributed by atoms with van der Waals surface area (Å²) < 4.78 is 6.67. The Bertz CT molecular complexity index is 465. The molecule has 6 N–H and O–H groups in total. The van der Waals surface area contributed by atoms with Gasteiger partial charge in [0.15, 0.2) is 11.9 Å². The molecule has 0 radical (unpaired) electrons. The number of carbonyl (C=O) groups is 1. The molecule has 1 aliphatic heterocycles. The number of ether oxygens (including phenoxy) is 1. The van der Waals surface area contributed by atoms with Crippen LogP contribution in [0.25, 0.3) is 0 Å². The molecule has 2 rings (SSSR count). The minimum atomic E-state index is -1.18. The molecule has 1 saturated heterocycles. The number of hydrogen-bond donors (Lipinski definition) is 5. The maximum Gasteiger partial charge on any atom is 0.271 e. The van der Waals surface area contributed by atoms with Gasteiger partial charge < -0.3 is 26.4 Å². The number of amides is 1. The van der Waals surface area contributed by atoms with E-state index >= 15 is 0 Å². The van der Waals surface area contributed by atoms with Crippen LogP contribution in [0.3, 0.4) is 0 Å². The standard InChI is InChI=1S/C9H14N4O4S/c10-7-4(8(11)16)12-2-13(7)9-6(15)5(14)3(1-18)17-9/h2-3,5-6,9,14-15,18H,1,10H2,(H2,11,16)/t3-,5-,6-,9-/m1/s1. The minimum Gasteiger partial charge on any atom is -0.387 e. The van der Waals surface area contributed by atoms with Gasteiger partial charge in [0, 0.05) is 5.75 Å². The van der Waals surface area contributed by atoms with Crippen molar-refractivity contribution in [1.82, 2.24) is 9.55 Å². The minimum absolute atomic E-state index is 0.0152. The van der Waals surface area contributed by atoms with E-state index in [0.717, 1.165) is 0 Å². The quantitative estimate of drug-likeness (QED) is 0.409. The Morgan fingerprint density at radius 1 is 1.56 bits per heavy atom. The van der Waals surface area contributed by atoms with Crippen LogP contribution in [0.4, 0.5) is 5.82 Å². The molecule has 0 bridgehead atoms. The molecule has 4 atom stereocenters. The van der Waals surface area contributed by atoms with Gasteiger partial charge >= 0.3 is 0 Å². The van der Waals surface area contributed by atoms with Gasteiger partial charge in [-0.2, -0.15) is 12.6 Å². The molecule has 100 valence electrons. The molecule has 1 fully saturated rings. The number of nitrogens with two attached hydrogens (primary N) is 2. The number of rotatable bonds is 3. The monoisotopic (exact) mass is 274 g/mol. The molecule has 0 unspecified atom stereocenters. The maximum absolute atomic E-state index is 11.0. The van der Waals surface area contributed by atoms with Crippen molar-refractivity contribution in [3.05, 3.63) is 12.0 Å². The van der Waals surface area contributed by atoms with Gasteiger partial charge in [-0.05, 0) is 0 Å². The topological polar surface area (TPSA) is 137 Å². The van der Waals surface area contributed by atoms with Crippen molar-refractivity contribution in [2.45, 2.75) is 24.5 Å². The maximum atomic E-state index is 11.0. The molecular weight excluding hydrogens is 260 g/mol. The molecule has 0 aliphatic carbocycles. The van der Waals surface area contributed by atoms with E-state index in [4.69, 9.17) is 16.2 Å². The number of hydrogen-bond acceptors (Lipinski definition) is 7. The SMILES string of the molecule is NC(=O)c1ncn([C@@H]2O[C@H](CS)[C@@H](O)[C@H]2O)c1N. The van der Waals surface area contributed by atoms with Crippen molar-refractivity contribution in [2.75, 3.05) is 11.5 Å². The summed E-state index contributed by atoms with van der Waals surface area (Å²) >= 11 is 4.01. The number of aliphatic hydroxyl groups is 2. The number of aromatic nitrogens is 2. The van der Waals surface area contributed by atoms with Crippen LogP contribution < -0.4 is 11.5 Å². The highest BCUT2D eigenvalue weighted by molar-refractivity contribution is 7.80. The first-order chi connectivity index (χ1) is 8.47. The molecule has 1 amide bonds. The summed E-state index contributed by atoms with van der Waals surface area (Å²) in [6.07, 6.45) is -2.56. The van der Waals surface area contributed by atoms with Crippen LogP contribution in [-0.2, 0) is 4.74 Å². The third-order valence-electron chi connectivity index (χ3n) is 2.86. The van der Waals surface area contributed by atoms with Crippen LogP contribution in [0.2, 0.25) is 0 Å². The fourth-order valence-electron chi connectivity index (χ4n) is 1.87. The second-order valence-electron chi connectivity index (χ2n) is 3.98. The van der Waals surface area contributed by atoms with E-state index in [9.17, 15) is 15.0 Å². The van der Waals surface area contributed by atoms with Gasteiger partial charge in [-0.15, -0.1) is 0 Å². The van der Waals surface area contributed by atoms with E-state index in [-0.39, 0.29) is 17.3 Å². The second-order valence-corrected chi connectivity index (χ2v) is 4.34. The molecule has 18 heavy (non-hydrogen) atoms. The van der Waals surface area contributed by atoms with Crippen molar-refractivity contribution in [3.8, 4) is 0 Å². The van der Waals surface area contributed by atoms with Crippen LogP contribution >= 0.6 is 12.6 Å². The van der Waals surface area contributed by atoms with Gasteiger partial charge in [0.05, 0.1) is 12.4 Å². The Balaban J connectivity index is 2.30. The van der Waals surface area contributed by atoms with Gasteiger partial charge in [-0.3, -0.25) is 9.36 Å². The van der Waals surface area contributed by atoms with E-state index in [1.807, 2.05) is 0 Å². The van der Waals surface area contributed by atoms with Crippen molar-refractivity contribution in [1.29, 1.82) is 0 Å². The van der Waals surface area contributed by atoms with Gasteiger partial charge in [0.1, 0.15) is 18.0 Å². The largest absolute Gasteiger partial charge is 0.387 e. The zero-order valence-electron chi connectivity index (χ0n) is 9.30. The summed E-state index contributed by atoms with van der Waals surface area (Å²) in [6, 6.07) is 0. The van der Waals surface area contributed by atoms with Crippen molar-refractivity contribution in [2.24, 2.45) is 5.73 Å². The second kappa shape index (κ2) is 4.76. The lowest BCUT2D eigenvalue weighted by molar-refractivity contribution is -0.0297. The predicted octanol–water partition coefficient (Wildman–Crippen LogP) is -1.89. The molecule has 1 aliphatic rings. The summed E-state index contributed by atoms with van der Waals surface area (Å²) in [6.45, 7) is 0. The predicted molar refractivity (Wildman–Crippen MR) is 64.9 cm³/mol. The average Bonchev–Trinajstić information content (AvgIpc) is 2.82. The number of imidazole rings is 1. The van der Waals surface area contributed by atoms with Crippen molar-refractivity contribution >= 4 is 24.4 Å². The van der Waals surface area contributed by atoms with Gasteiger partial charge in [-0.1, -0.05) is 0 Å². The molecule has 0 saturated carbocycles. The third kappa shape index (κ3) is 1.94. The van der Waals surface area contributed by atoms with E-state index in [0.29, 0.717) is 0 Å². The lowest BCUT2D eigenvalue weighted by Gasteiger charge is -2.17. The van der Waals surface area contributed by atoms with E-state index in [1.54, 1.807) is 0 Å². The summed E-state index contributed by atoms with van der Waals surface area (Å²) in [5.41, 5.74) is 10.7. The Hall–Kier alpha value is -1.29. The third-order valence-corrected chi connectivity index (χ3v) is 3.22. The fraction of sp³-hybridized carbons (Fsp3) is 0.556. The summed E-state index contributed by atoms with van der Waals surface area (Å²) in [5, 5.41) is 19.6. The van der Waals surface area contributed by atoms with E-state index in [1.165, 1.54) is 10.9 Å². The number of nitrogens with zero attached hydrogens (tertiary/aromatic N) is 2. The number of thiol groups is 1. The van der Waals surface area contributed by atoms with Crippen LogP contribution in [0.5, 0.6) is 0 Å².